The van der Waals surface area contributed by atoms with Crippen LogP contribution in [0.3, 0.4) is 0 Å². The van der Waals surface area contributed by atoms with Gasteiger partial charge in [-0.1, -0.05) is 23.8 Å². The fourth-order valence-electron chi connectivity index (χ4n) is 1.18. The summed E-state index contributed by atoms with van der Waals surface area (Å²) in [6.45, 7) is 5.23. The van der Waals surface area contributed by atoms with Gasteiger partial charge in [-0.25, -0.2) is 4.79 Å². The van der Waals surface area contributed by atoms with E-state index in [0.29, 0.717) is 0 Å². The smallest absolute Gasteiger partial charge is 0.368 e. The molecule has 4 heteroatoms. The Balaban J connectivity index is 0.000000385. The molecule has 1 aromatic rings. The molecule has 0 aromatic heterocycles. The third-order valence-corrected chi connectivity index (χ3v) is 1.97. The Kier molecular flexibility index (Phi) is 6.79. The number of rotatable bonds is 3. The highest BCUT2D eigenvalue weighted by molar-refractivity contribution is 6.19. The minimum absolute atomic E-state index is 0.167. The molecular formula is C12H17NO3. The zero-order valence-corrected chi connectivity index (χ0v) is 9.78. The average Bonchev–Trinajstić information content (AvgIpc) is 2.25. The van der Waals surface area contributed by atoms with E-state index in [0.717, 1.165) is 6.54 Å². The topological polar surface area (TPSA) is 66.4 Å². The van der Waals surface area contributed by atoms with Crippen molar-refractivity contribution in [3.8, 4) is 0 Å². The molecule has 0 aliphatic heterocycles. The number of benzene rings is 1. The molecule has 16 heavy (non-hydrogen) atoms. The Bertz CT molecular complexity index is 361. The number of hydrogen-bond donors (Lipinski definition) is 2. The molecule has 0 heterocycles. The van der Waals surface area contributed by atoms with E-state index in [1.807, 2.05) is 7.05 Å². The van der Waals surface area contributed by atoms with Crippen LogP contribution in [0.4, 0.5) is 0 Å². The van der Waals surface area contributed by atoms with Gasteiger partial charge in [-0.05, 0) is 32.0 Å². The number of aryl methyl sites for hydroxylation is 2. The lowest BCUT2D eigenvalue weighted by molar-refractivity contribution is -0.143. The van der Waals surface area contributed by atoms with Gasteiger partial charge in [0.1, 0.15) is 0 Å². The molecule has 0 saturated heterocycles. The number of hydrogen-bond acceptors (Lipinski definition) is 3. The number of aliphatic carboxylic acids is 1. The van der Waals surface area contributed by atoms with Crippen molar-refractivity contribution in [1.29, 1.82) is 0 Å². The molecule has 0 saturated carbocycles. The van der Waals surface area contributed by atoms with Crippen LogP contribution in [0.25, 0.3) is 0 Å². The molecule has 1 aromatic carbocycles. The fourth-order valence-corrected chi connectivity index (χ4v) is 1.18. The summed E-state index contributed by atoms with van der Waals surface area (Å²) in [5.41, 5.74) is 4.10. The van der Waals surface area contributed by atoms with Crippen LogP contribution in [0.2, 0.25) is 0 Å². The molecule has 0 amide bonds. The van der Waals surface area contributed by atoms with Crippen molar-refractivity contribution in [3.63, 3.8) is 0 Å². The molecule has 0 radical (unpaired) electrons. The van der Waals surface area contributed by atoms with E-state index < -0.39 is 5.97 Å². The quantitative estimate of drug-likeness (QED) is 0.598. The van der Waals surface area contributed by atoms with E-state index in [1.165, 1.54) is 16.7 Å². The molecule has 0 spiro atoms. The second kappa shape index (κ2) is 7.59. The van der Waals surface area contributed by atoms with Crippen molar-refractivity contribution in [2.75, 3.05) is 7.05 Å². The van der Waals surface area contributed by atoms with Gasteiger partial charge in [-0.2, -0.15) is 0 Å². The highest BCUT2D eigenvalue weighted by Gasteiger charge is 1.95. The summed E-state index contributed by atoms with van der Waals surface area (Å²) in [7, 11) is 1.97. The Morgan fingerprint density at radius 1 is 1.44 bits per heavy atom. The van der Waals surface area contributed by atoms with Crippen LogP contribution in [-0.2, 0) is 16.1 Å². The van der Waals surface area contributed by atoms with Crippen LogP contribution in [0.1, 0.15) is 16.7 Å². The summed E-state index contributed by atoms with van der Waals surface area (Å²) in [6, 6.07) is 6.54. The number of carboxylic acids is 1. The predicted molar refractivity (Wildman–Crippen MR) is 62.4 cm³/mol. The molecule has 4 nitrogen and oxygen atoms in total. The Morgan fingerprint density at radius 3 is 2.44 bits per heavy atom. The molecule has 0 unspecified atom stereocenters. The first kappa shape index (κ1) is 14.3. The SMILES string of the molecule is CNCc1cc(C)ccc1C.O=CC(=O)O. The van der Waals surface area contributed by atoms with E-state index in [9.17, 15) is 0 Å². The van der Waals surface area contributed by atoms with Gasteiger partial charge in [0, 0.05) is 6.54 Å². The predicted octanol–water partition coefficient (Wildman–Crippen LogP) is 1.29. The molecule has 1 rings (SSSR count). The van der Waals surface area contributed by atoms with Crippen molar-refractivity contribution in [3.05, 3.63) is 34.9 Å². The van der Waals surface area contributed by atoms with Gasteiger partial charge in [0.2, 0.25) is 6.29 Å². The Hall–Kier alpha value is -1.68. The lowest BCUT2D eigenvalue weighted by atomic mass is 10.1. The van der Waals surface area contributed by atoms with Crippen LogP contribution < -0.4 is 5.32 Å². The zero-order chi connectivity index (χ0) is 12.6. The molecule has 88 valence electrons. The zero-order valence-electron chi connectivity index (χ0n) is 9.78. The van der Waals surface area contributed by atoms with Crippen LogP contribution in [-0.4, -0.2) is 24.4 Å². The van der Waals surface area contributed by atoms with Gasteiger partial charge in [-0.15, -0.1) is 0 Å². The van der Waals surface area contributed by atoms with Crippen LogP contribution in [0.15, 0.2) is 18.2 Å². The van der Waals surface area contributed by atoms with Gasteiger partial charge in [0.15, 0.2) is 0 Å². The van der Waals surface area contributed by atoms with Crippen molar-refractivity contribution in [2.24, 2.45) is 0 Å². The number of carboxylic acid groups (broad SMARTS) is 1. The summed E-state index contributed by atoms with van der Waals surface area (Å²) in [5, 5.41) is 10.5. The minimum Gasteiger partial charge on any atom is -0.476 e. The number of nitrogens with one attached hydrogen (secondary N) is 1. The highest BCUT2D eigenvalue weighted by Crippen LogP contribution is 2.09. The maximum absolute atomic E-state index is 9.00. The van der Waals surface area contributed by atoms with E-state index in [1.54, 1.807) is 0 Å². The van der Waals surface area contributed by atoms with Crippen LogP contribution in [0.5, 0.6) is 0 Å². The second-order valence-corrected chi connectivity index (χ2v) is 3.42. The summed E-state index contributed by atoms with van der Waals surface area (Å²) in [4.78, 5) is 17.9. The first-order valence-corrected chi connectivity index (χ1v) is 4.90. The van der Waals surface area contributed by atoms with Crippen molar-refractivity contribution in [2.45, 2.75) is 20.4 Å². The van der Waals surface area contributed by atoms with E-state index >= 15 is 0 Å². The van der Waals surface area contributed by atoms with Crippen molar-refractivity contribution >= 4 is 12.3 Å². The standard InChI is InChI=1S/C10H15N.C2H2O3/c1-8-4-5-9(2)10(6-8)7-11-3;3-1-2(4)5/h4-6,11H,7H2,1-3H3;1H,(H,4,5). The van der Waals surface area contributed by atoms with E-state index in [-0.39, 0.29) is 6.29 Å². The van der Waals surface area contributed by atoms with Gasteiger partial charge in [0.25, 0.3) is 0 Å². The van der Waals surface area contributed by atoms with Gasteiger partial charge >= 0.3 is 5.97 Å². The normalized spacial score (nSPS) is 8.94. The summed E-state index contributed by atoms with van der Waals surface area (Å²) < 4.78 is 0. The van der Waals surface area contributed by atoms with Crippen molar-refractivity contribution < 1.29 is 14.7 Å². The van der Waals surface area contributed by atoms with Gasteiger partial charge in [0.05, 0.1) is 0 Å². The maximum atomic E-state index is 9.00. The third-order valence-electron chi connectivity index (χ3n) is 1.97. The Labute approximate surface area is 95.3 Å². The van der Waals surface area contributed by atoms with Crippen LogP contribution in [0, 0.1) is 13.8 Å². The van der Waals surface area contributed by atoms with Gasteiger partial charge < -0.3 is 10.4 Å². The minimum atomic E-state index is -1.43. The summed E-state index contributed by atoms with van der Waals surface area (Å²) in [6.07, 6.45) is -0.167. The molecule has 0 bridgehead atoms. The maximum Gasteiger partial charge on any atom is 0.368 e. The molecule has 0 fully saturated rings. The first-order chi connectivity index (χ1) is 7.51. The average molecular weight is 223 g/mol. The number of aldehydes is 1. The monoisotopic (exact) mass is 223 g/mol. The lowest BCUT2D eigenvalue weighted by Gasteiger charge is -2.05. The third kappa shape index (κ3) is 5.93. The van der Waals surface area contributed by atoms with Gasteiger partial charge in [-0.3, -0.25) is 4.79 Å². The summed E-state index contributed by atoms with van der Waals surface area (Å²) in [5.74, 6) is -1.43. The lowest BCUT2D eigenvalue weighted by Crippen LogP contribution is -2.06. The van der Waals surface area contributed by atoms with Crippen LogP contribution >= 0.6 is 0 Å². The van der Waals surface area contributed by atoms with E-state index in [4.69, 9.17) is 14.7 Å². The molecule has 0 aliphatic rings. The molecule has 0 atom stereocenters. The number of carbonyl (C=O) groups excluding carboxylic acids is 1. The van der Waals surface area contributed by atoms with Crippen molar-refractivity contribution in [1.82, 2.24) is 5.32 Å². The highest BCUT2D eigenvalue weighted by atomic mass is 16.4. The number of carbonyl (C=O) groups is 2. The largest absolute Gasteiger partial charge is 0.476 e. The molecule has 0 aliphatic carbocycles. The second-order valence-electron chi connectivity index (χ2n) is 3.42. The molecule has 2 N–H and O–H groups in total. The Morgan fingerprint density at radius 2 is 2.00 bits per heavy atom. The fraction of sp³-hybridized carbons (Fsp3) is 0.333. The van der Waals surface area contributed by atoms with E-state index in [2.05, 4.69) is 37.4 Å². The molecular weight excluding hydrogens is 206 g/mol. The summed E-state index contributed by atoms with van der Waals surface area (Å²) >= 11 is 0. The first-order valence-electron chi connectivity index (χ1n) is 4.90.